The molecule has 0 spiro atoms. The fraction of sp³-hybridized carbons (Fsp3) is 0.652. The van der Waals surface area contributed by atoms with Crippen LogP contribution in [-0.4, -0.2) is 24.4 Å². The van der Waals surface area contributed by atoms with Crippen molar-refractivity contribution in [3.8, 4) is 0 Å². The first-order valence-corrected chi connectivity index (χ1v) is 10.6. The Hall–Kier alpha value is -1.84. The summed E-state index contributed by atoms with van der Waals surface area (Å²) in [6, 6.07) is 7.19. The summed E-state index contributed by atoms with van der Waals surface area (Å²) in [5.74, 6) is 2.12. The summed E-state index contributed by atoms with van der Waals surface area (Å²) in [7, 11) is 0. The molecular formula is C23H32N2O2. The molecule has 0 aliphatic heterocycles. The van der Waals surface area contributed by atoms with Gasteiger partial charge in [0.25, 0.3) is 5.91 Å². The van der Waals surface area contributed by atoms with E-state index in [9.17, 15) is 9.59 Å². The Bertz CT molecular complexity index is 674. The number of nitrogens with one attached hydrogen (secondary N) is 2. The minimum absolute atomic E-state index is 0.0132. The van der Waals surface area contributed by atoms with Crippen LogP contribution in [0.3, 0.4) is 0 Å². The maximum absolute atomic E-state index is 13.1. The Morgan fingerprint density at radius 3 is 2.11 bits per heavy atom. The highest BCUT2D eigenvalue weighted by atomic mass is 16.2. The Morgan fingerprint density at radius 2 is 1.59 bits per heavy atom. The highest BCUT2D eigenvalue weighted by Crippen LogP contribution is 2.61. The fourth-order valence-electron chi connectivity index (χ4n) is 6.30. The molecule has 4 nitrogen and oxygen atoms in total. The first-order valence-electron chi connectivity index (χ1n) is 10.6. The van der Waals surface area contributed by atoms with Gasteiger partial charge in [-0.25, -0.2) is 0 Å². The van der Waals surface area contributed by atoms with E-state index < -0.39 is 6.04 Å². The van der Waals surface area contributed by atoms with Gasteiger partial charge in [0.2, 0.25) is 5.91 Å². The van der Waals surface area contributed by atoms with E-state index in [-0.39, 0.29) is 17.2 Å². The SMILES string of the molecule is CCCNC(=O)C(NC(=O)c1ccc(C)cc1)C12CC3CC(CC(C3)C1)C2. The molecule has 4 aliphatic rings. The molecule has 1 atom stereocenters. The molecule has 4 saturated carbocycles. The van der Waals surface area contributed by atoms with Gasteiger partial charge in [-0.2, -0.15) is 0 Å². The first kappa shape index (κ1) is 18.5. The number of carbonyl (C=O) groups is 2. The Morgan fingerprint density at radius 1 is 1.04 bits per heavy atom. The molecule has 4 heteroatoms. The lowest BCUT2D eigenvalue weighted by atomic mass is 9.47. The molecule has 1 unspecified atom stereocenters. The summed E-state index contributed by atoms with van der Waals surface area (Å²) in [5.41, 5.74) is 1.72. The maximum atomic E-state index is 13.1. The molecule has 5 rings (SSSR count). The zero-order chi connectivity index (χ0) is 19.0. The lowest BCUT2D eigenvalue weighted by molar-refractivity contribution is -0.134. The standard InChI is InChI=1S/C23H32N2O2/c1-3-8-24-22(27)20(25-21(26)19-6-4-15(2)5-7-19)23-12-16-9-17(13-23)11-18(10-16)14-23/h4-7,16-18,20H,3,8-14H2,1-2H3,(H,24,27)(H,25,26). The van der Waals surface area contributed by atoms with Crippen LogP contribution in [0.25, 0.3) is 0 Å². The Balaban J connectivity index is 1.58. The molecule has 2 amide bonds. The van der Waals surface area contributed by atoms with Crippen molar-refractivity contribution in [2.24, 2.45) is 23.2 Å². The molecule has 4 bridgehead atoms. The van der Waals surface area contributed by atoms with E-state index in [2.05, 4.69) is 17.6 Å². The predicted molar refractivity (Wildman–Crippen MR) is 106 cm³/mol. The van der Waals surface area contributed by atoms with Crippen molar-refractivity contribution in [1.82, 2.24) is 10.6 Å². The number of hydrogen-bond acceptors (Lipinski definition) is 2. The molecule has 2 N–H and O–H groups in total. The van der Waals surface area contributed by atoms with Crippen LogP contribution in [0, 0.1) is 30.1 Å². The summed E-state index contributed by atoms with van der Waals surface area (Å²) in [4.78, 5) is 26.1. The van der Waals surface area contributed by atoms with Gasteiger partial charge in [-0.05, 0) is 81.8 Å². The number of hydrogen-bond donors (Lipinski definition) is 2. The van der Waals surface area contributed by atoms with Gasteiger partial charge in [-0.15, -0.1) is 0 Å². The lowest BCUT2D eigenvalue weighted by Crippen LogP contribution is -2.62. The van der Waals surface area contributed by atoms with Crippen LogP contribution in [0.4, 0.5) is 0 Å². The van der Waals surface area contributed by atoms with Crippen molar-refractivity contribution in [1.29, 1.82) is 0 Å². The van der Waals surface area contributed by atoms with Crippen LogP contribution >= 0.6 is 0 Å². The van der Waals surface area contributed by atoms with Crippen LogP contribution in [0.15, 0.2) is 24.3 Å². The van der Waals surface area contributed by atoms with Gasteiger partial charge in [0.05, 0.1) is 0 Å². The van der Waals surface area contributed by atoms with Gasteiger partial charge < -0.3 is 10.6 Å². The average Bonchev–Trinajstić information content (AvgIpc) is 2.63. The minimum Gasteiger partial charge on any atom is -0.354 e. The van der Waals surface area contributed by atoms with Crippen molar-refractivity contribution in [2.75, 3.05) is 6.54 Å². The van der Waals surface area contributed by atoms with E-state index in [0.29, 0.717) is 12.1 Å². The summed E-state index contributed by atoms with van der Waals surface area (Å²) >= 11 is 0. The van der Waals surface area contributed by atoms with Gasteiger partial charge in [-0.1, -0.05) is 24.6 Å². The predicted octanol–water partition coefficient (Wildman–Crippen LogP) is 3.84. The van der Waals surface area contributed by atoms with E-state index in [1.54, 1.807) is 0 Å². The third-order valence-corrected chi connectivity index (χ3v) is 7.10. The molecule has 0 saturated heterocycles. The number of rotatable bonds is 6. The van der Waals surface area contributed by atoms with Crippen molar-refractivity contribution < 1.29 is 9.59 Å². The highest BCUT2D eigenvalue weighted by Gasteiger charge is 2.56. The largest absolute Gasteiger partial charge is 0.354 e. The second-order valence-electron chi connectivity index (χ2n) is 9.34. The van der Waals surface area contributed by atoms with Crippen molar-refractivity contribution >= 4 is 11.8 Å². The lowest BCUT2D eigenvalue weighted by Gasteiger charge is -2.58. The molecule has 0 aromatic heterocycles. The van der Waals surface area contributed by atoms with Crippen molar-refractivity contribution in [3.05, 3.63) is 35.4 Å². The van der Waals surface area contributed by atoms with Gasteiger partial charge in [0, 0.05) is 17.5 Å². The van der Waals surface area contributed by atoms with E-state index in [0.717, 1.165) is 49.0 Å². The highest BCUT2D eigenvalue weighted by molar-refractivity contribution is 5.97. The van der Waals surface area contributed by atoms with Gasteiger partial charge in [-0.3, -0.25) is 9.59 Å². The van der Waals surface area contributed by atoms with E-state index in [1.807, 2.05) is 31.2 Å². The molecule has 1 aromatic carbocycles. The van der Waals surface area contributed by atoms with Crippen LogP contribution < -0.4 is 10.6 Å². The molecule has 146 valence electrons. The maximum Gasteiger partial charge on any atom is 0.251 e. The summed E-state index contributed by atoms with van der Waals surface area (Å²) in [6.45, 7) is 4.74. The number of benzene rings is 1. The van der Waals surface area contributed by atoms with E-state index in [4.69, 9.17) is 0 Å². The quantitative estimate of drug-likeness (QED) is 0.802. The molecule has 1 aromatic rings. The summed E-state index contributed by atoms with van der Waals surface area (Å²) < 4.78 is 0. The molecule has 4 fully saturated rings. The number of carbonyl (C=O) groups excluding carboxylic acids is 2. The van der Waals surface area contributed by atoms with E-state index >= 15 is 0 Å². The molecule has 27 heavy (non-hydrogen) atoms. The molecule has 0 radical (unpaired) electrons. The second-order valence-corrected chi connectivity index (χ2v) is 9.34. The Labute approximate surface area is 162 Å². The van der Waals surface area contributed by atoms with Crippen LogP contribution in [0.5, 0.6) is 0 Å². The average molecular weight is 369 g/mol. The minimum atomic E-state index is -0.411. The second kappa shape index (κ2) is 7.29. The first-order chi connectivity index (χ1) is 13.0. The normalized spacial score (nSPS) is 32.1. The zero-order valence-corrected chi connectivity index (χ0v) is 16.6. The zero-order valence-electron chi connectivity index (χ0n) is 16.6. The van der Waals surface area contributed by atoms with Gasteiger partial charge >= 0.3 is 0 Å². The summed E-state index contributed by atoms with van der Waals surface area (Å²) in [5, 5.41) is 6.24. The molecule has 4 aliphatic carbocycles. The fourth-order valence-corrected chi connectivity index (χ4v) is 6.30. The van der Waals surface area contributed by atoms with Gasteiger partial charge in [0.1, 0.15) is 6.04 Å². The number of aryl methyl sites for hydroxylation is 1. The van der Waals surface area contributed by atoms with Crippen LogP contribution in [0.1, 0.15) is 67.8 Å². The van der Waals surface area contributed by atoms with Crippen LogP contribution in [-0.2, 0) is 4.79 Å². The topological polar surface area (TPSA) is 58.2 Å². The molecular weight excluding hydrogens is 336 g/mol. The van der Waals surface area contributed by atoms with E-state index in [1.165, 1.54) is 19.3 Å². The van der Waals surface area contributed by atoms with Crippen molar-refractivity contribution in [3.63, 3.8) is 0 Å². The van der Waals surface area contributed by atoms with Crippen molar-refractivity contribution in [2.45, 2.75) is 64.8 Å². The van der Waals surface area contributed by atoms with Gasteiger partial charge in [0.15, 0.2) is 0 Å². The third-order valence-electron chi connectivity index (χ3n) is 7.10. The third kappa shape index (κ3) is 3.63. The smallest absolute Gasteiger partial charge is 0.251 e. The van der Waals surface area contributed by atoms with Crippen LogP contribution in [0.2, 0.25) is 0 Å². The monoisotopic (exact) mass is 368 g/mol. The molecule has 0 heterocycles. The Kier molecular flexibility index (Phi) is 5.00. The summed E-state index contributed by atoms with van der Waals surface area (Å²) in [6.07, 6.45) is 8.18. The number of amides is 2.